The average molecular weight is 223 g/mol. The first-order valence-electron chi connectivity index (χ1n) is 6.12. The molecule has 1 aliphatic rings. The van der Waals surface area contributed by atoms with Crippen LogP contribution in [0.1, 0.15) is 45.6 Å². The topological polar surface area (TPSA) is 68.8 Å². The Kier molecular flexibility index (Phi) is 3.31. The summed E-state index contributed by atoms with van der Waals surface area (Å²) in [5.74, 6) is 1.79. The minimum Gasteiger partial charge on any atom is -0.368 e. The fourth-order valence-electron chi connectivity index (χ4n) is 2.12. The van der Waals surface area contributed by atoms with E-state index < -0.39 is 0 Å². The molecule has 16 heavy (non-hydrogen) atoms. The van der Waals surface area contributed by atoms with Crippen molar-refractivity contribution in [3.8, 4) is 0 Å². The number of nitrogen functional groups attached to an aromatic ring is 1. The van der Waals surface area contributed by atoms with E-state index in [1.807, 2.05) is 4.68 Å². The largest absolute Gasteiger partial charge is 0.368 e. The maximum absolute atomic E-state index is 5.88. The lowest BCUT2D eigenvalue weighted by atomic mass is 10.2. The Morgan fingerprint density at radius 2 is 2.12 bits per heavy atom. The monoisotopic (exact) mass is 223 g/mol. The molecule has 0 spiro atoms. The Morgan fingerprint density at radius 3 is 2.75 bits per heavy atom. The SMILES string of the molecule is CC(C)CNc1nc(N)n(C2CCCC2)n1. The summed E-state index contributed by atoms with van der Waals surface area (Å²) in [5, 5.41) is 7.64. The van der Waals surface area contributed by atoms with Gasteiger partial charge in [0.15, 0.2) is 0 Å². The van der Waals surface area contributed by atoms with E-state index in [4.69, 9.17) is 5.73 Å². The van der Waals surface area contributed by atoms with Gasteiger partial charge in [0, 0.05) is 6.54 Å². The van der Waals surface area contributed by atoms with Crippen LogP contribution in [0.15, 0.2) is 0 Å². The van der Waals surface area contributed by atoms with Crippen LogP contribution in [0.2, 0.25) is 0 Å². The number of nitrogens with zero attached hydrogens (tertiary/aromatic N) is 3. The zero-order chi connectivity index (χ0) is 11.5. The van der Waals surface area contributed by atoms with Crippen molar-refractivity contribution >= 4 is 11.9 Å². The molecule has 0 atom stereocenters. The van der Waals surface area contributed by atoms with Gasteiger partial charge in [-0.15, -0.1) is 5.10 Å². The number of nitrogens with one attached hydrogen (secondary N) is 1. The third-order valence-electron chi connectivity index (χ3n) is 3.00. The van der Waals surface area contributed by atoms with Crippen molar-refractivity contribution in [1.29, 1.82) is 0 Å². The van der Waals surface area contributed by atoms with Crippen molar-refractivity contribution in [2.45, 2.75) is 45.6 Å². The standard InChI is InChI=1S/C11H21N5/c1-8(2)7-13-11-14-10(12)16(15-11)9-5-3-4-6-9/h8-9H,3-7H2,1-2H3,(H3,12,13,14,15). The van der Waals surface area contributed by atoms with Crippen LogP contribution < -0.4 is 11.1 Å². The molecule has 5 nitrogen and oxygen atoms in total. The lowest BCUT2D eigenvalue weighted by molar-refractivity contribution is 0.473. The highest BCUT2D eigenvalue weighted by Crippen LogP contribution is 2.30. The number of anilines is 2. The van der Waals surface area contributed by atoms with Crippen LogP contribution in [0, 0.1) is 5.92 Å². The third kappa shape index (κ3) is 2.46. The van der Waals surface area contributed by atoms with Crippen LogP contribution in [0.25, 0.3) is 0 Å². The van der Waals surface area contributed by atoms with E-state index in [-0.39, 0.29) is 0 Å². The van der Waals surface area contributed by atoms with Gasteiger partial charge >= 0.3 is 0 Å². The second-order valence-electron chi connectivity index (χ2n) is 4.95. The molecule has 0 radical (unpaired) electrons. The van der Waals surface area contributed by atoms with E-state index in [0.717, 1.165) is 6.54 Å². The van der Waals surface area contributed by atoms with Crippen LogP contribution in [-0.4, -0.2) is 21.3 Å². The molecule has 1 saturated carbocycles. The number of nitrogens with two attached hydrogens (primary N) is 1. The lowest BCUT2D eigenvalue weighted by Gasteiger charge is -2.09. The summed E-state index contributed by atoms with van der Waals surface area (Å²) in [5.41, 5.74) is 5.88. The summed E-state index contributed by atoms with van der Waals surface area (Å²) < 4.78 is 1.88. The second-order valence-corrected chi connectivity index (χ2v) is 4.95. The van der Waals surface area contributed by atoms with Crippen molar-refractivity contribution < 1.29 is 0 Å². The Labute approximate surface area is 96.4 Å². The van der Waals surface area contributed by atoms with Gasteiger partial charge in [-0.05, 0) is 18.8 Å². The van der Waals surface area contributed by atoms with Gasteiger partial charge in [-0.3, -0.25) is 0 Å². The highest BCUT2D eigenvalue weighted by Gasteiger charge is 2.21. The van der Waals surface area contributed by atoms with Crippen molar-refractivity contribution in [2.24, 2.45) is 5.92 Å². The van der Waals surface area contributed by atoms with Crippen molar-refractivity contribution in [3.63, 3.8) is 0 Å². The summed E-state index contributed by atoms with van der Waals surface area (Å²) in [6.45, 7) is 5.20. The second kappa shape index (κ2) is 4.72. The highest BCUT2D eigenvalue weighted by atomic mass is 15.4. The number of aromatic nitrogens is 3. The normalized spacial score (nSPS) is 17.2. The lowest BCUT2D eigenvalue weighted by Crippen LogP contribution is -2.11. The van der Waals surface area contributed by atoms with Gasteiger partial charge in [0.05, 0.1) is 6.04 Å². The van der Waals surface area contributed by atoms with E-state index in [1.165, 1.54) is 25.7 Å². The molecule has 2 rings (SSSR count). The first-order chi connectivity index (χ1) is 7.66. The molecule has 1 fully saturated rings. The van der Waals surface area contributed by atoms with Crippen LogP contribution >= 0.6 is 0 Å². The van der Waals surface area contributed by atoms with Crippen LogP contribution in [0.4, 0.5) is 11.9 Å². The van der Waals surface area contributed by atoms with E-state index in [1.54, 1.807) is 0 Å². The van der Waals surface area contributed by atoms with E-state index in [2.05, 4.69) is 29.2 Å². The zero-order valence-corrected chi connectivity index (χ0v) is 10.1. The quantitative estimate of drug-likeness (QED) is 0.819. The average Bonchev–Trinajstić information content (AvgIpc) is 2.83. The fraction of sp³-hybridized carbons (Fsp3) is 0.818. The Balaban J connectivity index is 2.03. The van der Waals surface area contributed by atoms with Gasteiger partial charge < -0.3 is 11.1 Å². The number of rotatable bonds is 4. The van der Waals surface area contributed by atoms with Crippen LogP contribution in [-0.2, 0) is 0 Å². The summed E-state index contributed by atoms with van der Waals surface area (Å²) in [6, 6.07) is 0.460. The predicted octanol–water partition coefficient (Wildman–Crippen LogP) is 2.04. The van der Waals surface area contributed by atoms with E-state index in [0.29, 0.717) is 23.9 Å². The molecule has 90 valence electrons. The molecule has 3 N–H and O–H groups in total. The fourth-order valence-corrected chi connectivity index (χ4v) is 2.12. The molecular weight excluding hydrogens is 202 g/mol. The first kappa shape index (κ1) is 11.2. The highest BCUT2D eigenvalue weighted by molar-refractivity contribution is 5.31. The minimum absolute atomic E-state index is 0.460. The van der Waals surface area contributed by atoms with Crippen LogP contribution in [0.3, 0.4) is 0 Å². The molecule has 0 aromatic carbocycles. The molecule has 0 saturated heterocycles. The number of hydrogen-bond donors (Lipinski definition) is 2. The van der Waals surface area contributed by atoms with Gasteiger partial charge in [0.2, 0.25) is 11.9 Å². The molecular formula is C11H21N5. The molecule has 0 aliphatic heterocycles. The minimum atomic E-state index is 0.460. The Hall–Kier alpha value is -1.26. The summed E-state index contributed by atoms with van der Waals surface area (Å²) in [6.07, 6.45) is 4.91. The van der Waals surface area contributed by atoms with E-state index in [9.17, 15) is 0 Å². The predicted molar refractivity (Wildman–Crippen MR) is 65.3 cm³/mol. The van der Waals surface area contributed by atoms with Gasteiger partial charge in [0.25, 0.3) is 0 Å². The molecule has 5 heteroatoms. The molecule has 0 bridgehead atoms. The maximum atomic E-state index is 5.88. The van der Waals surface area contributed by atoms with Crippen molar-refractivity contribution in [1.82, 2.24) is 14.8 Å². The van der Waals surface area contributed by atoms with Crippen molar-refractivity contribution in [3.05, 3.63) is 0 Å². The van der Waals surface area contributed by atoms with Gasteiger partial charge in [-0.2, -0.15) is 4.98 Å². The Morgan fingerprint density at radius 1 is 1.44 bits per heavy atom. The number of hydrogen-bond acceptors (Lipinski definition) is 4. The van der Waals surface area contributed by atoms with Gasteiger partial charge in [-0.25, -0.2) is 4.68 Å². The van der Waals surface area contributed by atoms with Gasteiger partial charge in [-0.1, -0.05) is 26.7 Å². The summed E-state index contributed by atoms with van der Waals surface area (Å²) >= 11 is 0. The first-order valence-corrected chi connectivity index (χ1v) is 6.12. The van der Waals surface area contributed by atoms with E-state index >= 15 is 0 Å². The summed E-state index contributed by atoms with van der Waals surface area (Å²) in [7, 11) is 0. The van der Waals surface area contributed by atoms with Crippen LogP contribution in [0.5, 0.6) is 0 Å². The third-order valence-corrected chi connectivity index (χ3v) is 3.00. The van der Waals surface area contributed by atoms with Gasteiger partial charge in [0.1, 0.15) is 0 Å². The molecule has 1 aliphatic carbocycles. The Bertz CT molecular complexity index is 338. The molecule has 1 aromatic heterocycles. The summed E-state index contributed by atoms with van der Waals surface area (Å²) in [4.78, 5) is 4.25. The molecule has 1 aromatic rings. The molecule has 0 amide bonds. The zero-order valence-electron chi connectivity index (χ0n) is 10.1. The molecule has 1 heterocycles. The smallest absolute Gasteiger partial charge is 0.243 e. The molecule has 0 unspecified atom stereocenters. The maximum Gasteiger partial charge on any atom is 0.243 e. The van der Waals surface area contributed by atoms with Crippen molar-refractivity contribution in [2.75, 3.05) is 17.6 Å².